The molecule has 11 nitrogen and oxygen atoms in total. The van der Waals surface area contributed by atoms with Crippen LogP contribution in [0.5, 0.6) is 0 Å². The number of hydrogen-bond donors (Lipinski definition) is 2. The summed E-state index contributed by atoms with van der Waals surface area (Å²) in [6, 6.07) is 16.2. The molecule has 0 spiro atoms. The minimum absolute atomic E-state index is 0.0529. The van der Waals surface area contributed by atoms with Crippen molar-refractivity contribution in [3.63, 3.8) is 0 Å². The first kappa shape index (κ1) is 27.2. The molecule has 1 atom stereocenters. The van der Waals surface area contributed by atoms with E-state index in [4.69, 9.17) is 30.8 Å². The van der Waals surface area contributed by atoms with E-state index in [2.05, 4.69) is 20.7 Å². The summed E-state index contributed by atoms with van der Waals surface area (Å²) in [4.78, 5) is 24.3. The van der Waals surface area contributed by atoms with Crippen LogP contribution in [0.3, 0.4) is 0 Å². The third kappa shape index (κ3) is 5.37. The summed E-state index contributed by atoms with van der Waals surface area (Å²) in [5.41, 5.74) is 1.67. The van der Waals surface area contributed by atoms with Crippen molar-refractivity contribution in [2.45, 2.75) is 35.4 Å². The summed E-state index contributed by atoms with van der Waals surface area (Å²) >= 11 is 6.02. The van der Waals surface area contributed by atoms with Crippen LogP contribution in [0.25, 0.3) is 11.4 Å². The molecule has 3 heterocycles. The molecule has 41 heavy (non-hydrogen) atoms. The van der Waals surface area contributed by atoms with E-state index in [1.807, 2.05) is 6.92 Å². The molecule has 1 saturated carbocycles. The van der Waals surface area contributed by atoms with Gasteiger partial charge in [-0.25, -0.2) is 23.2 Å². The van der Waals surface area contributed by atoms with E-state index in [0.717, 1.165) is 0 Å². The number of anilines is 3. The van der Waals surface area contributed by atoms with Crippen molar-refractivity contribution in [1.29, 1.82) is 0 Å². The van der Waals surface area contributed by atoms with E-state index >= 15 is 0 Å². The Bertz CT molecular complexity index is 1660. The first-order valence-corrected chi connectivity index (χ1v) is 14.9. The second-order valence-electron chi connectivity index (χ2n) is 10.0. The number of carbonyl (C=O) groups excluding carboxylic acids is 1. The Kier molecular flexibility index (Phi) is 7.14. The van der Waals surface area contributed by atoms with Crippen molar-refractivity contribution >= 4 is 44.8 Å². The van der Waals surface area contributed by atoms with Gasteiger partial charge < -0.3 is 19.5 Å². The van der Waals surface area contributed by atoms with Crippen molar-refractivity contribution in [2.75, 3.05) is 35.3 Å². The first-order chi connectivity index (χ1) is 19.7. The molecule has 4 aromatic rings. The molecule has 2 aliphatic rings. The summed E-state index contributed by atoms with van der Waals surface area (Å²) in [7, 11) is -3.76. The van der Waals surface area contributed by atoms with Gasteiger partial charge in [0.2, 0.25) is 0 Å². The third-order valence-electron chi connectivity index (χ3n) is 7.26. The van der Waals surface area contributed by atoms with Gasteiger partial charge in [0.1, 0.15) is 16.8 Å². The number of morpholine rings is 1. The number of hydrogen-bond acceptors (Lipinski definition) is 9. The van der Waals surface area contributed by atoms with Crippen LogP contribution >= 0.6 is 11.6 Å². The maximum absolute atomic E-state index is 13.9. The highest BCUT2D eigenvalue weighted by Gasteiger charge is 2.58. The normalized spacial score (nSPS) is 18.1. The minimum Gasteiger partial charge on any atom is -0.377 e. The second kappa shape index (κ2) is 10.8. The fourth-order valence-corrected chi connectivity index (χ4v) is 6.98. The van der Waals surface area contributed by atoms with Crippen molar-refractivity contribution in [1.82, 2.24) is 15.1 Å². The van der Waals surface area contributed by atoms with Gasteiger partial charge in [-0.2, -0.15) is 0 Å². The summed E-state index contributed by atoms with van der Waals surface area (Å²) in [5.74, 6) is 1.33. The van der Waals surface area contributed by atoms with Gasteiger partial charge in [0, 0.05) is 35.0 Å². The zero-order valence-corrected chi connectivity index (χ0v) is 23.7. The van der Waals surface area contributed by atoms with E-state index < -0.39 is 20.6 Å². The molecule has 0 unspecified atom stereocenters. The van der Waals surface area contributed by atoms with E-state index in [0.29, 0.717) is 66.2 Å². The maximum Gasteiger partial charge on any atom is 0.324 e. The molecule has 212 valence electrons. The second-order valence-corrected chi connectivity index (χ2v) is 12.7. The summed E-state index contributed by atoms with van der Waals surface area (Å²) < 4.78 is 37.0. The van der Waals surface area contributed by atoms with Crippen LogP contribution in [0.15, 0.2) is 76.3 Å². The van der Waals surface area contributed by atoms with Gasteiger partial charge in [0.05, 0.1) is 29.8 Å². The van der Waals surface area contributed by atoms with Gasteiger partial charge in [-0.05, 0) is 68.3 Å². The Labute approximate surface area is 241 Å². The third-order valence-corrected chi connectivity index (χ3v) is 10.1. The molecular formula is C28H27ClN6O5S. The number of aromatic nitrogens is 3. The van der Waals surface area contributed by atoms with Crippen LogP contribution in [0.4, 0.5) is 22.1 Å². The lowest BCUT2D eigenvalue weighted by molar-refractivity contribution is 0.0985. The van der Waals surface area contributed by atoms with E-state index in [9.17, 15) is 13.2 Å². The number of ether oxygens (including phenoxy) is 1. The first-order valence-electron chi connectivity index (χ1n) is 13.1. The zero-order chi connectivity index (χ0) is 28.6. The Hall–Kier alpha value is -4.00. The van der Waals surface area contributed by atoms with E-state index in [1.165, 1.54) is 24.5 Å². The molecular weight excluding hydrogens is 568 g/mol. The average Bonchev–Trinajstić information content (AvgIpc) is 3.65. The summed E-state index contributed by atoms with van der Waals surface area (Å²) in [5, 5.41) is 9.42. The molecule has 1 saturated heterocycles. The van der Waals surface area contributed by atoms with Crippen LogP contribution in [0.1, 0.15) is 25.5 Å². The number of halogens is 1. The van der Waals surface area contributed by atoms with Crippen LogP contribution < -0.4 is 15.5 Å². The standard InChI is InChI=1S/C28H27ClN6O5S/c1-18-17-39-15-13-35(18)25-16-23(28(11-12-28)41(37,38)22-8-4-20(29)5-9-22)31-26(33-25)19-2-6-21(7-3-19)30-27(36)32-24-10-14-40-34-24/h2-10,14,16,18H,11-13,15,17H2,1H3,(H2,30,32,34,36)/t18-/m0/s1. The quantitative estimate of drug-likeness (QED) is 0.298. The average molecular weight is 595 g/mol. The van der Waals surface area contributed by atoms with Gasteiger partial charge >= 0.3 is 6.03 Å². The highest BCUT2D eigenvalue weighted by Crippen LogP contribution is 2.55. The fraction of sp³-hybridized carbons (Fsp3) is 0.286. The van der Waals surface area contributed by atoms with Crippen molar-refractivity contribution in [3.8, 4) is 11.4 Å². The smallest absolute Gasteiger partial charge is 0.324 e. The minimum atomic E-state index is -3.76. The number of urea groups is 1. The van der Waals surface area contributed by atoms with Crippen LogP contribution in [-0.4, -0.2) is 55.4 Å². The Morgan fingerprint density at radius 2 is 1.80 bits per heavy atom. The number of sulfone groups is 1. The Morgan fingerprint density at radius 3 is 2.46 bits per heavy atom. The van der Waals surface area contributed by atoms with E-state index in [-0.39, 0.29) is 16.8 Å². The van der Waals surface area contributed by atoms with Crippen LogP contribution in [0, 0.1) is 0 Å². The summed E-state index contributed by atoms with van der Waals surface area (Å²) in [6.45, 7) is 3.75. The van der Waals surface area contributed by atoms with Gasteiger partial charge in [0.25, 0.3) is 0 Å². The monoisotopic (exact) mass is 594 g/mol. The number of rotatable bonds is 7. The zero-order valence-electron chi connectivity index (χ0n) is 22.1. The predicted octanol–water partition coefficient (Wildman–Crippen LogP) is 5.12. The summed E-state index contributed by atoms with van der Waals surface area (Å²) in [6.07, 6.45) is 2.27. The maximum atomic E-state index is 13.9. The van der Waals surface area contributed by atoms with Crippen LogP contribution in [-0.2, 0) is 19.3 Å². The van der Waals surface area contributed by atoms with Gasteiger partial charge in [-0.15, -0.1) is 0 Å². The molecule has 0 radical (unpaired) electrons. The molecule has 1 aliphatic heterocycles. The van der Waals surface area contributed by atoms with Crippen molar-refractivity contribution < 1.29 is 22.5 Å². The highest BCUT2D eigenvalue weighted by molar-refractivity contribution is 7.92. The number of nitrogens with zero attached hydrogens (tertiary/aromatic N) is 4. The molecule has 1 aliphatic carbocycles. The number of amides is 2. The predicted molar refractivity (Wildman–Crippen MR) is 154 cm³/mol. The molecule has 2 aromatic carbocycles. The van der Waals surface area contributed by atoms with E-state index in [1.54, 1.807) is 42.5 Å². The number of nitrogens with one attached hydrogen (secondary N) is 2. The topological polar surface area (TPSA) is 140 Å². The van der Waals surface area contributed by atoms with Gasteiger partial charge in [-0.1, -0.05) is 16.8 Å². The largest absolute Gasteiger partial charge is 0.377 e. The van der Waals surface area contributed by atoms with Gasteiger partial charge in [-0.3, -0.25) is 5.32 Å². The molecule has 13 heteroatoms. The molecule has 6 rings (SSSR count). The molecule has 2 aromatic heterocycles. The SMILES string of the molecule is C[C@H]1COCCN1c1cc(C2(S(=O)(=O)c3ccc(Cl)cc3)CC2)nc(-c2ccc(NC(=O)Nc3ccon3)cc2)n1. The highest BCUT2D eigenvalue weighted by atomic mass is 35.5. The van der Waals surface area contributed by atoms with Crippen molar-refractivity contribution in [2.24, 2.45) is 0 Å². The molecule has 2 N–H and O–H groups in total. The Balaban J connectivity index is 1.35. The lowest BCUT2D eigenvalue weighted by Crippen LogP contribution is -2.44. The number of benzene rings is 2. The molecule has 2 amide bonds. The number of carbonyl (C=O) groups is 1. The van der Waals surface area contributed by atoms with Crippen molar-refractivity contribution in [3.05, 3.63) is 77.6 Å². The lowest BCUT2D eigenvalue weighted by Gasteiger charge is -2.34. The van der Waals surface area contributed by atoms with Gasteiger partial charge in [0.15, 0.2) is 21.5 Å². The Morgan fingerprint density at radius 1 is 1.05 bits per heavy atom. The fourth-order valence-electron chi connectivity index (χ4n) is 4.89. The lowest BCUT2D eigenvalue weighted by atomic mass is 10.1. The molecule has 2 fully saturated rings. The molecule has 0 bridgehead atoms. The van der Waals surface area contributed by atoms with Crippen LogP contribution in [0.2, 0.25) is 5.02 Å².